The Balaban J connectivity index is 2.50. The van der Waals surface area contributed by atoms with Crippen LogP contribution in [-0.2, 0) is 9.53 Å². The highest BCUT2D eigenvalue weighted by atomic mass is 16.5. The van der Waals surface area contributed by atoms with Gasteiger partial charge in [-0.2, -0.15) is 0 Å². The zero-order chi connectivity index (χ0) is 16.3. The molecule has 0 aliphatic carbocycles. The zero-order valence-corrected chi connectivity index (χ0v) is 13.3. The Morgan fingerprint density at radius 1 is 1.09 bits per heavy atom. The largest absolute Gasteiger partial charge is 0.465 e. The van der Waals surface area contributed by atoms with Crippen LogP contribution in [0.15, 0.2) is 36.4 Å². The SMILES string of the molecule is CCC(C)(C)C(=O)Oc1cc2ccccc2cc1C(=O)OC. The third-order valence-corrected chi connectivity index (χ3v) is 3.89. The van der Waals surface area contributed by atoms with E-state index in [0.717, 1.165) is 10.8 Å². The molecule has 0 aliphatic rings. The summed E-state index contributed by atoms with van der Waals surface area (Å²) < 4.78 is 10.3. The van der Waals surface area contributed by atoms with Crippen LogP contribution in [0.5, 0.6) is 5.75 Å². The second-order valence-electron chi connectivity index (χ2n) is 5.81. The van der Waals surface area contributed by atoms with Crippen molar-refractivity contribution in [3.05, 3.63) is 42.0 Å². The van der Waals surface area contributed by atoms with Gasteiger partial charge < -0.3 is 9.47 Å². The van der Waals surface area contributed by atoms with E-state index in [1.165, 1.54) is 7.11 Å². The van der Waals surface area contributed by atoms with Crippen molar-refractivity contribution in [2.24, 2.45) is 5.41 Å². The minimum Gasteiger partial charge on any atom is -0.465 e. The second-order valence-corrected chi connectivity index (χ2v) is 5.81. The molecule has 0 N–H and O–H groups in total. The van der Waals surface area contributed by atoms with Crippen molar-refractivity contribution in [3.8, 4) is 5.75 Å². The zero-order valence-electron chi connectivity index (χ0n) is 13.3. The average Bonchev–Trinajstić information content (AvgIpc) is 2.53. The Hall–Kier alpha value is -2.36. The summed E-state index contributed by atoms with van der Waals surface area (Å²) in [6, 6.07) is 11.0. The fourth-order valence-electron chi connectivity index (χ4n) is 1.96. The number of hydrogen-bond acceptors (Lipinski definition) is 4. The summed E-state index contributed by atoms with van der Waals surface area (Å²) >= 11 is 0. The van der Waals surface area contributed by atoms with E-state index >= 15 is 0 Å². The van der Waals surface area contributed by atoms with E-state index in [1.807, 2.05) is 45.0 Å². The van der Waals surface area contributed by atoms with Crippen LogP contribution >= 0.6 is 0 Å². The third kappa shape index (κ3) is 3.11. The summed E-state index contributed by atoms with van der Waals surface area (Å²) in [4.78, 5) is 24.3. The van der Waals surface area contributed by atoms with Gasteiger partial charge in [0.05, 0.1) is 12.5 Å². The molecule has 2 rings (SSSR count). The minimum absolute atomic E-state index is 0.233. The summed E-state index contributed by atoms with van der Waals surface area (Å²) in [5.41, 5.74) is -0.361. The van der Waals surface area contributed by atoms with Gasteiger partial charge in [0, 0.05) is 0 Å². The van der Waals surface area contributed by atoms with Gasteiger partial charge in [-0.25, -0.2) is 4.79 Å². The number of ether oxygens (including phenoxy) is 2. The van der Waals surface area contributed by atoms with Crippen LogP contribution in [0.1, 0.15) is 37.6 Å². The molecule has 0 heterocycles. The van der Waals surface area contributed by atoms with Gasteiger partial charge in [-0.1, -0.05) is 31.2 Å². The maximum atomic E-state index is 12.3. The molecular weight excluding hydrogens is 280 g/mol. The number of carbonyl (C=O) groups excluding carboxylic acids is 2. The number of rotatable bonds is 4. The van der Waals surface area contributed by atoms with Gasteiger partial charge in [0.25, 0.3) is 0 Å². The number of benzene rings is 2. The number of carbonyl (C=O) groups is 2. The lowest BCUT2D eigenvalue weighted by molar-refractivity contribution is -0.144. The fraction of sp³-hybridized carbons (Fsp3) is 0.333. The molecule has 0 aromatic heterocycles. The van der Waals surface area contributed by atoms with Crippen molar-refractivity contribution >= 4 is 22.7 Å². The standard InChI is InChI=1S/C18H20O4/c1-5-18(2,3)17(20)22-15-11-13-9-7-6-8-12(13)10-14(15)16(19)21-4/h6-11H,5H2,1-4H3. The molecule has 0 atom stereocenters. The summed E-state index contributed by atoms with van der Waals surface area (Å²) in [5, 5.41) is 1.78. The summed E-state index contributed by atoms with van der Waals surface area (Å²) in [7, 11) is 1.30. The molecule has 0 amide bonds. The first-order valence-electron chi connectivity index (χ1n) is 7.22. The van der Waals surface area contributed by atoms with Gasteiger partial charge in [-0.15, -0.1) is 0 Å². The van der Waals surface area contributed by atoms with Gasteiger partial charge in [-0.05, 0) is 43.2 Å². The Morgan fingerprint density at radius 3 is 2.23 bits per heavy atom. The number of esters is 2. The lowest BCUT2D eigenvalue weighted by Crippen LogP contribution is -2.28. The van der Waals surface area contributed by atoms with E-state index in [1.54, 1.807) is 12.1 Å². The van der Waals surface area contributed by atoms with E-state index in [9.17, 15) is 9.59 Å². The van der Waals surface area contributed by atoms with Crippen molar-refractivity contribution in [2.45, 2.75) is 27.2 Å². The minimum atomic E-state index is -0.612. The second kappa shape index (κ2) is 6.18. The Labute approximate surface area is 130 Å². The lowest BCUT2D eigenvalue weighted by atomic mass is 9.90. The maximum absolute atomic E-state index is 12.3. The molecule has 2 aromatic rings. The van der Waals surface area contributed by atoms with Crippen molar-refractivity contribution in [2.75, 3.05) is 7.11 Å². The lowest BCUT2D eigenvalue weighted by Gasteiger charge is -2.21. The van der Waals surface area contributed by atoms with Crippen molar-refractivity contribution in [1.82, 2.24) is 0 Å². The predicted molar refractivity (Wildman–Crippen MR) is 85.0 cm³/mol. The molecule has 0 saturated carbocycles. The average molecular weight is 300 g/mol. The first-order valence-corrected chi connectivity index (χ1v) is 7.22. The van der Waals surface area contributed by atoms with Crippen LogP contribution in [0, 0.1) is 5.41 Å². The van der Waals surface area contributed by atoms with E-state index in [2.05, 4.69) is 0 Å². The summed E-state index contributed by atoms with van der Waals surface area (Å²) in [6.07, 6.45) is 0.646. The molecule has 0 spiro atoms. The van der Waals surface area contributed by atoms with Crippen LogP contribution in [0.2, 0.25) is 0 Å². The van der Waals surface area contributed by atoms with Gasteiger partial charge in [-0.3, -0.25) is 4.79 Å². The Morgan fingerprint density at radius 2 is 1.68 bits per heavy atom. The maximum Gasteiger partial charge on any atom is 0.341 e. The van der Waals surface area contributed by atoms with Crippen molar-refractivity contribution in [3.63, 3.8) is 0 Å². The Kier molecular flexibility index (Phi) is 4.50. The molecule has 0 bridgehead atoms. The van der Waals surface area contributed by atoms with E-state index in [4.69, 9.17) is 9.47 Å². The molecule has 0 fully saturated rings. The molecule has 22 heavy (non-hydrogen) atoms. The quantitative estimate of drug-likeness (QED) is 0.633. The van der Waals surface area contributed by atoms with Crippen LogP contribution in [0.3, 0.4) is 0 Å². The van der Waals surface area contributed by atoms with Gasteiger partial charge in [0.2, 0.25) is 0 Å². The molecule has 2 aromatic carbocycles. The van der Waals surface area contributed by atoms with Crippen molar-refractivity contribution < 1.29 is 19.1 Å². The first-order chi connectivity index (χ1) is 10.4. The van der Waals surface area contributed by atoms with Crippen molar-refractivity contribution in [1.29, 1.82) is 0 Å². The molecule has 0 unspecified atom stereocenters. The normalized spacial score (nSPS) is 11.3. The topological polar surface area (TPSA) is 52.6 Å². The number of fused-ring (bicyclic) bond motifs is 1. The van der Waals surface area contributed by atoms with Crippen LogP contribution in [0.25, 0.3) is 10.8 Å². The monoisotopic (exact) mass is 300 g/mol. The molecule has 0 radical (unpaired) electrons. The van der Waals surface area contributed by atoms with E-state index in [-0.39, 0.29) is 17.3 Å². The summed E-state index contributed by atoms with van der Waals surface area (Å²) in [5.74, 6) is -0.657. The molecule has 0 saturated heterocycles. The smallest absolute Gasteiger partial charge is 0.341 e. The van der Waals surface area contributed by atoms with Crippen LogP contribution in [-0.4, -0.2) is 19.0 Å². The van der Waals surface area contributed by atoms with E-state index < -0.39 is 11.4 Å². The highest BCUT2D eigenvalue weighted by molar-refractivity contribution is 5.99. The molecule has 4 heteroatoms. The van der Waals surface area contributed by atoms with E-state index in [0.29, 0.717) is 6.42 Å². The molecule has 4 nitrogen and oxygen atoms in total. The first kappa shape index (κ1) is 16.0. The summed E-state index contributed by atoms with van der Waals surface area (Å²) in [6.45, 7) is 5.55. The molecular formula is C18H20O4. The van der Waals surface area contributed by atoms with Crippen LogP contribution in [0.4, 0.5) is 0 Å². The van der Waals surface area contributed by atoms with Gasteiger partial charge >= 0.3 is 11.9 Å². The number of hydrogen-bond donors (Lipinski definition) is 0. The fourth-order valence-corrected chi connectivity index (χ4v) is 1.96. The Bertz CT molecular complexity index is 716. The molecule has 116 valence electrons. The predicted octanol–water partition coefficient (Wildman–Crippen LogP) is 3.97. The highest BCUT2D eigenvalue weighted by Crippen LogP contribution is 2.30. The highest BCUT2D eigenvalue weighted by Gasteiger charge is 2.29. The molecule has 0 aliphatic heterocycles. The van der Waals surface area contributed by atoms with Crippen LogP contribution < -0.4 is 4.74 Å². The number of methoxy groups -OCH3 is 1. The van der Waals surface area contributed by atoms with Gasteiger partial charge in [0.1, 0.15) is 11.3 Å². The third-order valence-electron chi connectivity index (χ3n) is 3.89. The van der Waals surface area contributed by atoms with Gasteiger partial charge in [0.15, 0.2) is 0 Å².